The summed E-state index contributed by atoms with van der Waals surface area (Å²) >= 11 is 5.62. The van der Waals surface area contributed by atoms with E-state index in [1.54, 1.807) is 0 Å². The van der Waals surface area contributed by atoms with E-state index >= 15 is 0 Å². The zero-order valence-electron chi connectivity index (χ0n) is 7.97. The molecule has 0 radical (unpaired) electrons. The Morgan fingerprint density at radius 2 is 2.13 bits per heavy atom. The molecular formula is C8H13ClN4O2. The van der Waals surface area contributed by atoms with Crippen molar-refractivity contribution in [2.75, 3.05) is 12.3 Å². The summed E-state index contributed by atoms with van der Waals surface area (Å²) in [5.41, 5.74) is 10.8. The van der Waals surface area contributed by atoms with Gasteiger partial charge in [-0.25, -0.2) is 9.97 Å². The number of hydrogen-bond acceptors (Lipinski definition) is 6. The van der Waals surface area contributed by atoms with Crippen LogP contribution in [0.1, 0.15) is 18.2 Å². The number of rotatable bonds is 4. The molecule has 84 valence electrons. The molecule has 1 heterocycles. The van der Waals surface area contributed by atoms with Gasteiger partial charge >= 0.3 is 0 Å². The van der Waals surface area contributed by atoms with Gasteiger partial charge in [-0.3, -0.25) is 0 Å². The molecule has 0 aromatic carbocycles. The summed E-state index contributed by atoms with van der Waals surface area (Å²) in [4.78, 5) is 7.53. The minimum atomic E-state index is -1.15. The second kappa shape index (κ2) is 5.22. The molecule has 0 spiro atoms. The molecule has 1 aromatic rings. The first kappa shape index (κ1) is 12.1. The number of nitrogens with zero attached hydrogens (tertiary/aromatic N) is 2. The molecule has 0 aliphatic carbocycles. The predicted octanol–water partition coefficient (Wildman–Crippen LogP) is -0.545. The molecule has 0 amide bonds. The van der Waals surface area contributed by atoms with Crippen LogP contribution in [0.15, 0.2) is 6.20 Å². The molecule has 6 N–H and O–H groups in total. The summed E-state index contributed by atoms with van der Waals surface area (Å²) in [6.07, 6.45) is -0.598. The van der Waals surface area contributed by atoms with Crippen LogP contribution in [0.4, 0.5) is 5.82 Å². The minimum absolute atomic E-state index is 0.00602. The van der Waals surface area contributed by atoms with Gasteiger partial charge in [0.15, 0.2) is 11.0 Å². The number of aliphatic hydroxyl groups is 2. The van der Waals surface area contributed by atoms with Crippen molar-refractivity contribution in [3.8, 4) is 0 Å². The topological polar surface area (TPSA) is 118 Å². The Morgan fingerprint density at radius 3 is 2.67 bits per heavy atom. The number of nitrogen functional groups attached to an aromatic ring is 1. The summed E-state index contributed by atoms with van der Waals surface area (Å²) in [5.74, 6) is 0.0842. The Bertz CT molecular complexity index is 336. The van der Waals surface area contributed by atoms with Gasteiger partial charge in [0.1, 0.15) is 6.10 Å². The Kier molecular flexibility index (Phi) is 4.22. The van der Waals surface area contributed by atoms with Crippen molar-refractivity contribution < 1.29 is 10.2 Å². The molecule has 2 unspecified atom stereocenters. The van der Waals surface area contributed by atoms with Crippen molar-refractivity contribution >= 4 is 17.4 Å². The molecule has 1 aromatic heterocycles. The monoisotopic (exact) mass is 232 g/mol. The Labute approximate surface area is 91.9 Å². The largest absolute Gasteiger partial charge is 0.390 e. The highest BCUT2D eigenvalue weighted by Gasteiger charge is 2.20. The molecule has 0 saturated carbocycles. The molecule has 0 bridgehead atoms. The first-order chi connectivity index (χ1) is 7.06. The van der Waals surface area contributed by atoms with E-state index in [1.165, 1.54) is 6.20 Å². The van der Waals surface area contributed by atoms with Crippen molar-refractivity contribution in [1.82, 2.24) is 9.97 Å². The number of halogens is 1. The van der Waals surface area contributed by atoms with Gasteiger partial charge in [-0.15, -0.1) is 0 Å². The van der Waals surface area contributed by atoms with Crippen molar-refractivity contribution in [1.29, 1.82) is 0 Å². The maximum absolute atomic E-state index is 9.63. The van der Waals surface area contributed by atoms with E-state index in [0.717, 1.165) is 0 Å². The van der Waals surface area contributed by atoms with Crippen LogP contribution in [0.25, 0.3) is 0 Å². The van der Waals surface area contributed by atoms with Crippen LogP contribution in [0.3, 0.4) is 0 Å². The lowest BCUT2D eigenvalue weighted by molar-refractivity contribution is 0.0123. The van der Waals surface area contributed by atoms with Crippen LogP contribution in [0.2, 0.25) is 5.15 Å². The zero-order valence-corrected chi connectivity index (χ0v) is 8.72. The molecule has 15 heavy (non-hydrogen) atoms. The molecule has 1 rings (SSSR count). The van der Waals surface area contributed by atoms with Crippen LogP contribution >= 0.6 is 11.6 Å². The maximum Gasteiger partial charge on any atom is 0.171 e. The van der Waals surface area contributed by atoms with Gasteiger partial charge in [-0.1, -0.05) is 11.6 Å². The van der Waals surface area contributed by atoms with E-state index in [1.807, 2.05) is 0 Å². The Hall–Kier alpha value is -0.950. The van der Waals surface area contributed by atoms with Crippen LogP contribution in [0, 0.1) is 0 Å². The summed E-state index contributed by atoms with van der Waals surface area (Å²) < 4.78 is 0. The Morgan fingerprint density at radius 1 is 1.47 bits per heavy atom. The lowest BCUT2D eigenvalue weighted by Crippen LogP contribution is -2.22. The number of aromatic nitrogens is 2. The van der Waals surface area contributed by atoms with Crippen LogP contribution in [0.5, 0.6) is 0 Å². The zero-order chi connectivity index (χ0) is 11.4. The van der Waals surface area contributed by atoms with E-state index in [2.05, 4.69) is 9.97 Å². The van der Waals surface area contributed by atoms with E-state index in [9.17, 15) is 10.2 Å². The average molecular weight is 233 g/mol. The quantitative estimate of drug-likeness (QED) is 0.554. The van der Waals surface area contributed by atoms with Gasteiger partial charge in [0.25, 0.3) is 0 Å². The number of nitrogens with two attached hydrogens (primary N) is 2. The van der Waals surface area contributed by atoms with Crippen molar-refractivity contribution in [3.63, 3.8) is 0 Å². The fourth-order valence-corrected chi connectivity index (χ4v) is 1.20. The standard InChI is InChI=1S/C8H13ClN4O2/c9-7-8(11)12-3-4(13-7)6(15)5(14)1-2-10/h3,5-6,14-15H,1-2,10H2,(H2,11,12). The van der Waals surface area contributed by atoms with Gasteiger partial charge in [-0.05, 0) is 13.0 Å². The number of anilines is 1. The third-order valence-corrected chi connectivity index (χ3v) is 2.18. The van der Waals surface area contributed by atoms with E-state index in [0.29, 0.717) is 0 Å². The smallest absolute Gasteiger partial charge is 0.171 e. The van der Waals surface area contributed by atoms with Crippen LogP contribution < -0.4 is 11.5 Å². The molecule has 0 aliphatic rings. The molecule has 0 fully saturated rings. The molecule has 0 aliphatic heterocycles. The molecule has 7 heteroatoms. The minimum Gasteiger partial charge on any atom is -0.390 e. The SMILES string of the molecule is NCCC(O)C(O)c1cnc(N)c(Cl)n1. The first-order valence-electron chi connectivity index (χ1n) is 4.40. The van der Waals surface area contributed by atoms with Crippen molar-refractivity contribution in [3.05, 3.63) is 17.0 Å². The third-order valence-electron chi connectivity index (χ3n) is 1.90. The fourth-order valence-electron chi connectivity index (χ4n) is 1.06. The summed E-state index contributed by atoms with van der Waals surface area (Å²) in [6.45, 7) is 0.272. The highest BCUT2D eigenvalue weighted by Crippen LogP contribution is 2.20. The average Bonchev–Trinajstić information content (AvgIpc) is 2.21. The predicted molar refractivity (Wildman–Crippen MR) is 56.1 cm³/mol. The lowest BCUT2D eigenvalue weighted by atomic mass is 10.1. The maximum atomic E-state index is 9.63. The van der Waals surface area contributed by atoms with Gasteiger partial charge in [-0.2, -0.15) is 0 Å². The second-order valence-electron chi connectivity index (χ2n) is 3.06. The fraction of sp³-hybridized carbons (Fsp3) is 0.500. The highest BCUT2D eigenvalue weighted by molar-refractivity contribution is 6.31. The van der Waals surface area contributed by atoms with Crippen LogP contribution in [-0.4, -0.2) is 32.8 Å². The van der Waals surface area contributed by atoms with E-state index < -0.39 is 12.2 Å². The Balaban J connectivity index is 2.81. The molecular weight excluding hydrogens is 220 g/mol. The second-order valence-corrected chi connectivity index (χ2v) is 3.42. The molecule has 0 saturated heterocycles. The van der Waals surface area contributed by atoms with Gasteiger partial charge in [0.05, 0.1) is 18.0 Å². The number of hydrogen-bond donors (Lipinski definition) is 4. The van der Waals surface area contributed by atoms with Crippen LogP contribution in [-0.2, 0) is 0 Å². The first-order valence-corrected chi connectivity index (χ1v) is 4.78. The van der Waals surface area contributed by atoms with Gasteiger partial charge in [0.2, 0.25) is 0 Å². The molecule has 2 atom stereocenters. The summed E-state index contributed by atoms with van der Waals surface area (Å²) in [5, 5.41) is 19.1. The highest BCUT2D eigenvalue weighted by atomic mass is 35.5. The van der Waals surface area contributed by atoms with Gasteiger partial charge in [0, 0.05) is 0 Å². The number of aliphatic hydroxyl groups excluding tert-OH is 2. The van der Waals surface area contributed by atoms with Crippen molar-refractivity contribution in [2.45, 2.75) is 18.6 Å². The molecule has 6 nitrogen and oxygen atoms in total. The lowest BCUT2D eigenvalue weighted by Gasteiger charge is -2.16. The summed E-state index contributed by atoms with van der Waals surface area (Å²) in [6, 6.07) is 0. The summed E-state index contributed by atoms with van der Waals surface area (Å²) in [7, 11) is 0. The van der Waals surface area contributed by atoms with Crippen molar-refractivity contribution in [2.24, 2.45) is 5.73 Å². The normalized spacial score (nSPS) is 14.9. The third kappa shape index (κ3) is 3.00. The van der Waals surface area contributed by atoms with E-state index in [-0.39, 0.29) is 29.6 Å². The van der Waals surface area contributed by atoms with E-state index in [4.69, 9.17) is 23.1 Å². The van der Waals surface area contributed by atoms with Gasteiger partial charge < -0.3 is 21.7 Å².